The van der Waals surface area contributed by atoms with Crippen LogP contribution in [0.3, 0.4) is 0 Å². The molecule has 1 aromatic rings. The molecule has 1 heterocycles. The lowest BCUT2D eigenvalue weighted by molar-refractivity contribution is 0.785. The lowest BCUT2D eigenvalue weighted by Crippen LogP contribution is -1.97. The first-order chi connectivity index (χ1) is 5.52. The highest BCUT2D eigenvalue weighted by atomic mass is 35.5. The minimum absolute atomic E-state index is 0.674. The van der Waals surface area contributed by atoms with E-state index in [1.54, 1.807) is 0 Å². The molecule has 0 saturated carbocycles. The number of hydrogen-bond acceptors (Lipinski definition) is 0. The van der Waals surface area contributed by atoms with Crippen molar-refractivity contribution >= 4 is 11.6 Å². The molecule has 0 saturated heterocycles. The van der Waals surface area contributed by atoms with Gasteiger partial charge >= 0.3 is 0 Å². The molecule has 0 aliphatic rings. The summed E-state index contributed by atoms with van der Waals surface area (Å²) in [6.45, 7) is 10.7. The van der Waals surface area contributed by atoms with Crippen molar-refractivity contribution in [3.63, 3.8) is 0 Å². The van der Waals surface area contributed by atoms with Crippen LogP contribution in [0.15, 0.2) is 17.8 Å². The van der Waals surface area contributed by atoms with Crippen LogP contribution in [0.5, 0.6) is 0 Å². The highest BCUT2D eigenvalue weighted by Gasteiger charge is 2.04. The maximum atomic E-state index is 5.73. The standard InChI is InChI=1S/C10H14ClN/c1-7-5-12(6-8(2)11)10(4)9(7)3/h5H,2,6H2,1,3-4H3. The molecule has 0 spiro atoms. The number of hydrogen-bond donors (Lipinski definition) is 0. The van der Waals surface area contributed by atoms with Gasteiger partial charge in [0, 0.05) is 16.9 Å². The fourth-order valence-electron chi connectivity index (χ4n) is 1.28. The average molecular weight is 184 g/mol. The minimum atomic E-state index is 0.674. The van der Waals surface area contributed by atoms with Gasteiger partial charge in [0.15, 0.2) is 0 Å². The van der Waals surface area contributed by atoms with E-state index in [0.717, 1.165) is 0 Å². The molecule has 1 rings (SSSR count). The summed E-state index contributed by atoms with van der Waals surface area (Å²) in [6.07, 6.45) is 2.11. The first kappa shape index (κ1) is 9.40. The molecular formula is C10H14ClN. The molecule has 0 aromatic carbocycles. The summed E-state index contributed by atoms with van der Waals surface area (Å²) in [7, 11) is 0. The Balaban J connectivity index is 3.01. The molecule has 0 atom stereocenters. The van der Waals surface area contributed by atoms with Gasteiger partial charge in [-0.25, -0.2) is 0 Å². The zero-order valence-electron chi connectivity index (χ0n) is 7.82. The second kappa shape index (κ2) is 3.36. The predicted molar refractivity (Wildman–Crippen MR) is 53.6 cm³/mol. The SMILES string of the molecule is C=C(Cl)Cn1cc(C)c(C)c1C. The van der Waals surface area contributed by atoms with Crippen LogP contribution in [0.25, 0.3) is 0 Å². The van der Waals surface area contributed by atoms with Crippen LogP contribution in [0.2, 0.25) is 0 Å². The van der Waals surface area contributed by atoms with E-state index in [2.05, 4.69) is 38.1 Å². The van der Waals surface area contributed by atoms with E-state index in [9.17, 15) is 0 Å². The van der Waals surface area contributed by atoms with E-state index >= 15 is 0 Å². The third-order valence-electron chi connectivity index (χ3n) is 2.26. The Labute approximate surface area is 78.7 Å². The first-order valence-corrected chi connectivity index (χ1v) is 4.36. The van der Waals surface area contributed by atoms with Crippen molar-refractivity contribution in [3.05, 3.63) is 34.6 Å². The van der Waals surface area contributed by atoms with Crippen LogP contribution in [0, 0.1) is 20.8 Å². The van der Waals surface area contributed by atoms with Gasteiger partial charge in [0.1, 0.15) is 0 Å². The molecule has 0 bridgehead atoms. The van der Waals surface area contributed by atoms with Crippen molar-refractivity contribution in [1.29, 1.82) is 0 Å². The fraction of sp³-hybridized carbons (Fsp3) is 0.400. The summed E-state index contributed by atoms with van der Waals surface area (Å²) in [5.74, 6) is 0. The van der Waals surface area contributed by atoms with Crippen molar-refractivity contribution in [3.8, 4) is 0 Å². The van der Waals surface area contributed by atoms with Crippen LogP contribution in [0.4, 0.5) is 0 Å². The molecule has 1 aromatic heterocycles. The number of rotatable bonds is 2. The molecular weight excluding hydrogens is 170 g/mol. The Morgan fingerprint density at radius 2 is 2.08 bits per heavy atom. The summed E-state index contributed by atoms with van der Waals surface area (Å²) < 4.78 is 2.12. The summed E-state index contributed by atoms with van der Waals surface area (Å²) in [5.41, 5.74) is 3.92. The van der Waals surface area contributed by atoms with Gasteiger partial charge in [-0.2, -0.15) is 0 Å². The van der Waals surface area contributed by atoms with E-state index < -0.39 is 0 Å². The summed E-state index contributed by atoms with van der Waals surface area (Å²) in [4.78, 5) is 0. The predicted octanol–water partition coefficient (Wildman–Crippen LogP) is 3.17. The van der Waals surface area contributed by atoms with Crippen molar-refractivity contribution < 1.29 is 0 Å². The van der Waals surface area contributed by atoms with E-state index in [1.807, 2.05) is 0 Å². The van der Waals surface area contributed by atoms with Crippen molar-refractivity contribution in [2.75, 3.05) is 0 Å². The van der Waals surface area contributed by atoms with E-state index in [0.29, 0.717) is 11.6 Å². The lowest BCUT2D eigenvalue weighted by atomic mass is 10.2. The Bertz CT molecular complexity index is 310. The number of nitrogens with zero attached hydrogens (tertiary/aromatic N) is 1. The molecule has 1 nitrogen and oxygen atoms in total. The average Bonchev–Trinajstić information content (AvgIpc) is 2.17. The summed E-state index contributed by atoms with van der Waals surface area (Å²) in [6, 6.07) is 0. The van der Waals surface area contributed by atoms with Crippen molar-refractivity contribution in [1.82, 2.24) is 4.57 Å². The Morgan fingerprint density at radius 3 is 2.42 bits per heavy atom. The van der Waals surface area contributed by atoms with Gasteiger partial charge < -0.3 is 4.57 Å². The van der Waals surface area contributed by atoms with Gasteiger partial charge in [-0.1, -0.05) is 18.2 Å². The molecule has 0 fully saturated rings. The first-order valence-electron chi connectivity index (χ1n) is 3.98. The third-order valence-corrected chi connectivity index (χ3v) is 2.38. The molecule has 0 aliphatic carbocycles. The van der Waals surface area contributed by atoms with Gasteiger partial charge in [0.25, 0.3) is 0 Å². The highest BCUT2D eigenvalue weighted by molar-refractivity contribution is 6.29. The van der Waals surface area contributed by atoms with Gasteiger partial charge in [0.05, 0.1) is 6.54 Å². The van der Waals surface area contributed by atoms with E-state index in [1.165, 1.54) is 16.8 Å². The second-order valence-electron chi connectivity index (χ2n) is 3.17. The largest absolute Gasteiger partial charge is 0.346 e. The molecule has 2 heteroatoms. The molecule has 0 N–H and O–H groups in total. The van der Waals surface area contributed by atoms with Crippen LogP contribution < -0.4 is 0 Å². The summed E-state index contributed by atoms with van der Waals surface area (Å²) in [5, 5.41) is 0.674. The van der Waals surface area contributed by atoms with Crippen LogP contribution in [-0.2, 0) is 6.54 Å². The maximum absolute atomic E-state index is 5.73. The molecule has 0 amide bonds. The number of allylic oxidation sites excluding steroid dienone is 1. The molecule has 0 radical (unpaired) electrons. The maximum Gasteiger partial charge on any atom is 0.0573 e. The smallest absolute Gasteiger partial charge is 0.0573 e. The normalized spacial score (nSPS) is 10.3. The van der Waals surface area contributed by atoms with Crippen LogP contribution >= 0.6 is 11.6 Å². The van der Waals surface area contributed by atoms with Gasteiger partial charge in [0.2, 0.25) is 0 Å². The zero-order valence-corrected chi connectivity index (χ0v) is 8.57. The molecule has 66 valence electrons. The molecule has 12 heavy (non-hydrogen) atoms. The second-order valence-corrected chi connectivity index (χ2v) is 3.70. The Kier molecular flexibility index (Phi) is 2.63. The van der Waals surface area contributed by atoms with Gasteiger partial charge in [-0.3, -0.25) is 0 Å². The zero-order chi connectivity index (χ0) is 9.30. The number of aromatic nitrogens is 1. The number of aryl methyl sites for hydroxylation is 1. The van der Waals surface area contributed by atoms with Gasteiger partial charge in [-0.05, 0) is 31.9 Å². The lowest BCUT2D eigenvalue weighted by Gasteiger charge is -2.03. The van der Waals surface area contributed by atoms with Crippen LogP contribution in [-0.4, -0.2) is 4.57 Å². The highest BCUT2D eigenvalue weighted by Crippen LogP contribution is 2.16. The summed E-state index contributed by atoms with van der Waals surface area (Å²) >= 11 is 5.73. The topological polar surface area (TPSA) is 4.93 Å². The molecule has 0 aliphatic heterocycles. The Morgan fingerprint density at radius 1 is 1.50 bits per heavy atom. The monoisotopic (exact) mass is 183 g/mol. The Hall–Kier alpha value is -0.690. The quantitative estimate of drug-likeness (QED) is 0.664. The minimum Gasteiger partial charge on any atom is -0.346 e. The fourth-order valence-corrected chi connectivity index (χ4v) is 1.41. The van der Waals surface area contributed by atoms with Crippen LogP contribution in [0.1, 0.15) is 16.8 Å². The van der Waals surface area contributed by atoms with Crippen molar-refractivity contribution in [2.45, 2.75) is 27.3 Å². The van der Waals surface area contributed by atoms with E-state index in [4.69, 9.17) is 11.6 Å². The number of halogens is 1. The van der Waals surface area contributed by atoms with Crippen molar-refractivity contribution in [2.24, 2.45) is 0 Å². The van der Waals surface area contributed by atoms with E-state index in [-0.39, 0.29) is 0 Å². The third kappa shape index (κ3) is 1.72. The van der Waals surface area contributed by atoms with Gasteiger partial charge in [-0.15, -0.1) is 0 Å². The molecule has 0 unspecified atom stereocenters.